The van der Waals surface area contributed by atoms with E-state index in [1.165, 1.54) is 0 Å². The average Bonchev–Trinajstić information content (AvgIpc) is 3.21. The van der Waals surface area contributed by atoms with Crippen LogP contribution in [0.4, 0.5) is 5.69 Å². The third-order valence-corrected chi connectivity index (χ3v) is 4.64. The Morgan fingerprint density at radius 1 is 1.46 bits per heavy atom. The molecule has 2 aromatic rings. The van der Waals surface area contributed by atoms with Crippen LogP contribution in [-0.2, 0) is 16.6 Å². The molecule has 1 amide bonds. The van der Waals surface area contributed by atoms with Crippen molar-refractivity contribution in [2.75, 3.05) is 32.1 Å². The van der Waals surface area contributed by atoms with Gasteiger partial charge in [-0.1, -0.05) is 0 Å². The van der Waals surface area contributed by atoms with Gasteiger partial charge in [0.1, 0.15) is 6.07 Å². The Morgan fingerprint density at radius 3 is 3.00 bits per heavy atom. The molecule has 1 aliphatic heterocycles. The Morgan fingerprint density at radius 2 is 2.31 bits per heavy atom. The van der Waals surface area contributed by atoms with Crippen LogP contribution in [0.1, 0.15) is 23.6 Å². The standard InChI is InChI=1S/C18H22N6O2/c1-23-12-15(10-22-23)18-14(7-17(25)24(18)5-6-26-2)9-21-16-11-20-4-3-13(16)8-19/h3-4,10-12,14,18,21H,5-7,9H2,1-2H3/t14-,18+/m0/s1. The predicted molar refractivity (Wildman–Crippen MR) is 95.1 cm³/mol. The van der Waals surface area contributed by atoms with Crippen LogP contribution < -0.4 is 5.32 Å². The van der Waals surface area contributed by atoms with Crippen LogP contribution in [0, 0.1) is 17.2 Å². The molecule has 1 saturated heterocycles. The zero-order chi connectivity index (χ0) is 18.5. The molecule has 8 nitrogen and oxygen atoms in total. The van der Waals surface area contributed by atoms with Crippen LogP contribution in [0.3, 0.4) is 0 Å². The number of anilines is 1. The molecule has 2 atom stereocenters. The summed E-state index contributed by atoms with van der Waals surface area (Å²) in [6, 6.07) is 3.76. The second-order valence-electron chi connectivity index (χ2n) is 6.35. The van der Waals surface area contributed by atoms with Gasteiger partial charge in [0.2, 0.25) is 5.91 Å². The van der Waals surface area contributed by atoms with Crippen molar-refractivity contribution in [3.8, 4) is 6.07 Å². The smallest absolute Gasteiger partial charge is 0.223 e. The summed E-state index contributed by atoms with van der Waals surface area (Å²) < 4.78 is 6.90. The van der Waals surface area contributed by atoms with E-state index in [-0.39, 0.29) is 17.9 Å². The van der Waals surface area contributed by atoms with E-state index in [0.29, 0.717) is 37.4 Å². The molecule has 0 radical (unpaired) electrons. The van der Waals surface area contributed by atoms with Crippen LogP contribution >= 0.6 is 0 Å². The molecular weight excluding hydrogens is 332 g/mol. The first-order valence-corrected chi connectivity index (χ1v) is 8.49. The zero-order valence-electron chi connectivity index (χ0n) is 14.9. The highest BCUT2D eigenvalue weighted by Crippen LogP contribution is 2.38. The Kier molecular flexibility index (Phi) is 5.49. The molecular formula is C18H22N6O2. The average molecular weight is 354 g/mol. The molecule has 2 aromatic heterocycles. The second kappa shape index (κ2) is 7.97. The Labute approximate surface area is 152 Å². The van der Waals surface area contributed by atoms with Gasteiger partial charge in [-0.2, -0.15) is 10.4 Å². The van der Waals surface area contributed by atoms with Gasteiger partial charge in [-0.15, -0.1) is 0 Å². The number of carbonyl (C=O) groups is 1. The maximum atomic E-state index is 12.6. The van der Waals surface area contributed by atoms with Gasteiger partial charge in [0.15, 0.2) is 0 Å². The summed E-state index contributed by atoms with van der Waals surface area (Å²) in [4.78, 5) is 18.5. The largest absolute Gasteiger partial charge is 0.383 e. The number of nitrogens with zero attached hydrogens (tertiary/aromatic N) is 5. The first-order valence-electron chi connectivity index (χ1n) is 8.49. The molecule has 3 rings (SSSR count). The molecule has 0 saturated carbocycles. The monoisotopic (exact) mass is 354 g/mol. The number of rotatable bonds is 7. The number of nitrogens with one attached hydrogen (secondary N) is 1. The highest BCUT2D eigenvalue weighted by atomic mass is 16.5. The van der Waals surface area contributed by atoms with E-state index in [0.717, 1.165) is 5.56 Å². The number of nitriles is 1. The molecule has 0 unspecified atom stereocenters. The molecule has 1 fully saturated rings. The second-order valence-corrected chi connectivity index (χ2v) is 6.35. The lowest BCUT2D eigenvalue weighted by atomic mass is 9.95. The number of amides is 1. The minimum atomic E-state index is -0.0685. The number of pyridine rings is 1. The number of aryl methyl sites for hydroxylation is 1. The molecule has 1 aliphatic rings. The van der Waals surface area contributed by atoms with E-state index < -0.39 is 0 Å². The van der Waals surface area contributed by atoms with E-state index >= 15 is 0 Å². The normalized spacial score (nSPS) is 19.6. The van der Waals surface area contributed by atoms with Crippen molar-refractivity contribution in [2.45, 2.75) is 12.5 Å². The van der Waals surface area contributed by atoms with Gasteiger partial charge in [0, 0.05) is 57.5 Å². The Hall–Kier alpha value is -2.92. The fourth-order valence-electron chi connectivity index (χ4n) is 3.42. The van der Waals surface area contributed by atoms with Crippen molar-refractivity contribution >= 4 is 11.6 Å². The number of hydrogen-bond donors (Lipinski definition) is 1. The third kappa shape index (κ3) is 3.68. The van der Waals surface area contributed by atoms with Crippen molar-refractivity contribution in [2.24, 2.45) is 13.0 Å². The van der Waals surface area contributed by atoms with Crippen molar-refractivity contribution in [3.63, 3.8) is 0 Å². The lowest BCUT2D eigenvalue weighted by Gasteiger charge is -2.27. The third-order valence-electron chi connectivity index (χ3n) is 4.64. The van der Waals surface area contributed by atoms with Gasteiger partial charge in [-0.3, -0.25) is 14.5 Å². The molecule has 3 heterocycles. The van der Waals surface area contributed by atoms with Crippen LogP contribution in [0.15, 0.2) is 30.9 Å². The van der Waals surface area contributed by atoms with E-state index in [1.54, 1.807) is 36.4 Å². The summed E-state index contributed by atoms with van der Waals surface area (Å²) in [5.41, 5.74) is 2.23. The maximum absolute atomic E-state index is 12.6. The molecule has 0 spiro atoms. The quantitative estimate of drug-likeness (QED) is 0.806. The van der Waals surface area contributed by atoms with Crippen LogP contribution in [0.25, 0.3) is 0 Å². The van der Waals surface area contributed by atoms with E-state index in [4.69, 9.17) is 4.74 Å². The topological polar surface area (TPSA) is 96.1 Å². The highest BCUT2D eigenvalue weighted by molar-refractivity contribution is 5.79. The van der Waals surface area contributed by atoms with Gasteiger partial charge in [-0.25, -0.2) is 0 Å². The first kappa shape index (κ1) is 17.9. The summed E-state index contributed by atoms with van der Waals surface area (Å²) in [6.45, 7) is 1.60. The SMILES string of the molecule is COCCN1C(=O)C[C@@H](CNc2cnccc2C#N)[C@@H]1c1cnn(C)c1. The van der Waals surface area contributed by atoms with E-state index in [9.17, 15) is 10.1 Å². The van der Waals surface area contributed by atoms with Gasteiger partial charge in [0.05, 0.1) is 36.3 Å². The summed E-state index contributed by atoms with van der Waals surface area (Å²) in [5.74, 6) is 0.171. The first-order chi connectivity index (χ1) is 12.6. The Balaban J connectivity index is 1.80. The summed E-state index contributed by atoms with van der Waals surface area (Å²) in [5, 5.41) is 16.8. The predicted octanol–water partition coefficient (Wildman–Crippen LogP) is 1.33. The lowest BCUT2D eigenvalue weighted by Crippen LogP contribution is -2.33. The maximum Gasteiger partial charge on any atom is 0.223 e. The molecule has 0 aliphatic carbocycles. The van der Waals surface area contributed by atoms with Crippen molar-refractivity contribution in [1.82, 2.24) is 19.7 Å². The van der Waals surface area contributed by atoms with Crippen LogP contribution in [0.2, 0.25) is 0 Å². The van der Waals surface area contributed by atoms with Crippen molar-refractivity contribution < 1.29 is 9.53 Å². The summed E-state index contributed by atoms with van der Waals surface area (Å²) in [6.07, 6.45) is 7.42. The molecule has 1 N–H and O–H groups in total. The molecule has 26 heavy (non-hydrogen) atoms. The van der Waals surface area contributed by atoms with E-state index in [2.05, 4.69) is 21.5 Å². The van der Waals surface area contributed by atoms with Gasteiger partial charge in [0.25, 0.3) is 0 Å². The fourth-order valence-corrected chi connectivity index (χ4v) is 3.42. The number of ether oxygens (including phenoxy) is 1. The number of methoxy groups -OCH3 is 1. The fraction of sp³-hybridized carbons (Fsp3) is 0.444. The minimum Gasteiger partial charge on any atom is -0.383 e. The zero-order valence-corrected chi connectivity index (χ0v) is 14.9. The highest BCUT2D eigenvalue weighted by Gasteiger charge is 2.40. The number of hydrogen-bond acceptors (Lipinski definition) is 6. The van der Waals surface area contributed by atoms with E-state index in [1.807, 2.05) is 18.1 Å². The lowest BCUT2D eigenvalue weighted by molar-refractivity contribution is -0.129. The van der Waals surface area contributed by atoms with Gasteiger partial charge < -0.3 is 15.0 Å². The van der Waals surface area contributed by atoms with Crippen molar-refractivity contribution in [1.29, 1.82) is 5.26 Å². The van der Waals surface area contributed by atoms with Crippen LogP contribution in [0.5, 0.6) is 0 Å². The van der Waals surface area contributed by atoms with Gasteiger partial charge in [-0.05, 0) is 6.07 Å². The number of carbonyl (C=O) groups excluding carboxylic acids is 1. The number of aromatic nitrogens is 3. The molecule has 136 valence electrons. The summed E-state index contributed by atoms with van der Waals surface area (Å²) >= 11 is 0. The van der Waals surface area contributed by atoms with Crippen molar-refractivity contribution in [3.05, 3.63) is 42.0 Å². The minimum absolute atomic E-state index is 0.0651. The molecule has 8 heteroatoms. The molecule has 0 aromatic carbocycles. The Bertz CT molecular complexity index is 812. The van der Waals surface area contributed by atoms with Crippen LogP contribution in [-0.4, -0.2) is 52.4 Å². The molecule has 0 bridgehead atoms. The number of likely N-dealkylation sites (tertiary alicyclic amines) is 1. The summed E-state index contributed by atoms with van der Waals surface area (Å²) in [7, 11) is 3.49. The van der Waals surface area contributed by atoms with Gasteiger partial charge >= 0.3 is 0 Å².